The van der Waals surface area contributed by atoms with E-state index >= 15 is 0 Å². The van der Waals surface area contributed by atoms with Crippen molar-refractivity contribution in [3.05, 3.63) is 69.2 Å². The molecule has 0 amide bonds. The van der Waals surface area contributed by atoms with Gasteiger partial charge in [0.25, 0.3) is 5.69 Å². The molecule has 0 heterocycles. The molecule has 2 aromatic rings. The summed E-state index contributed by atoms with van der Waals surface area (Å²) in [6, 6.07) is 13.4. The Labute approximate surface area is 109 Å². The molecular weight excluding hydrogens is 252 g/mol. The number of benzene rings is 2. The van der Waals surface area contributed by atoms with Gasteiger partial charge in [-0.05, 0) is 23.8 Å². The molecule has 4 nitrogen and oxygen atoms in total. The van der Waals surface area contributed by atoms with Crippen molar-refractivity contribution in [2.45, 2.75) is 0 Å². The number of nitro groups is 1. The maximum absolute atomic E-state index is 10.6. The van der Waals surface area contributed by atoms with Gasteiger partial charge < -0.3 is 0 Å². The molecular formula is C13H9ClN2O2. The summed E-state index contributed by atoms with van der Waals surface area (Å²) >= 11 is 5.83. The Morgan fingerprint density at radius 2 is 1.94 bits per heavy atom. The van der Waals surface area contributed by atoms with Gasteiger partial charge in [-0.2, -0.15) is 0 Å². The fourth-order valence-corrected chi connectivity index (χ4v) is 1.61. The first-order chi connectivity index (χ1) is 8.65. The first-order valence-corrected chi connectivity index (χ1v) is 5.57. The van der Waals surface area contributed by atoms with Gasteiger partial charge in [0.2, 0.25) is 0 Å². The van der Waals surface area contributed by atoms with Crippen molar-refractivity contribution in [1.82, 2.24) is 0 Å². The van der Waals surface area contributed by atoms with Crippen molar-refractivity contribution in [3.8, 4) is 0 Å². The zero-order valence-corrected chi connectivity index (χ0v) is 10.0. The molecule has 0 unspecified atom stereocenters. The molecule has 0 aliphatic rings. The average molecular weight is 261 g/mol. The third kappa shape index (κ3) is 3.15. The van der Waals surface area contributed by atoms with Crippen LogP contribution in [-0.2, 0) is 0 Å². The Kier molecular flexibility index (Phi) is 3.69. The number of non-ortho nitro benzene ring substituents is 1. The van der Waals surface area contributed by atoms with Crippen LogP contribution in [0.25, 0.3) is 0 Å². The van der Waals surface area contributed by atoms with Crippen LogP contribution in [0.5, 0.6) is 0 Å². The van der Waals surface area contributed by atoms with Gasteiger partial charge in [0, 0.05) is 23.4 Å². The number of nitrogens with zero attached hydrogens (tertiary/aromatic N) is 2. The van der Waals surface area contributed by atoms with Crippen LogP contribution in [0.4, 0.5) is 11.4 Å². The highest BCUT2D eigenvalue weighted by Crippen LogP contribution is 2.18. The maximum atomic E-state index is 10.6. The predicted molar refractivity (Wildman–Crippen MR) is 71.8 cm³/mol. The van der Waals surface area contributed by atoms with Crippen molar-refractivity contribution in [1.29, 1.82) is 0 Å². The lowest BCUT2D eigenvalue weighted by Gasteiger charge is -1.95. The molecule has 90 valence electrons. The average Bonchev–Trinajstić information content (AvgIpc) is 2.37. The predicted octanol–water partition coefficient (Wildman–Crippen LogP) is 4.00. The summed E-state index contributed by atoms with van der Waals surface area (Å²) in [6.07, 6.45) is 1.57. The summed E-state index contributed by atoms with van der Waals surface area (Å²) < 4.78 is 0. The van der Waals surface area contributed by atoms with Crippen molar-refractivity contribution in [3.63, 3.8) is 0 Å². The highest BCUT2D eigenvalue weighted by Gasteiger charge is 2.03. The van der Waals surface area contributed by atoms with Gasteiger partial charge in [-0.25, -0.2) is 0 Å². The van der Waals surface area contributed by atoms with E-state index in [1.807, 2.05) is 0 Å². The van der Waals surface area contributed by atoms with Crippen LogP contribution >= 0.6 is 11.6 Å². The second kappa shape index (κ2) is 5.42. The van der Waals surface area contributed by atoms with Crippen molar-refractivity contribution >= 4 is 29.2 Å². The normalized spacial score (nSPS) is 10.7. The number of hydrogen-bond acceptors (Lipinski definition) is 3. The minimum atomic E-state index is -0.434. The lowest BCUT2D eigenvalue weighted by molar-refractivity contribution is -0.384. The summed E-state index contributed by atoms with van der Waals surface area (Å²) in [4.78, 5) is 14.4. The van der Waals surface area contributed by atoms with Gasteiger partial charge in [-0.1, -0.05) is 29.8 Å². The number of nitro benzene ring substituents is 1. The molecule has 0 aromatic heterocycles. The Balaban J connectivity index is 2.23. The first-order valence-electron chi connectivity index (χ1n) is 5.19. The number of halogens is 1. The molecule has 0 spiro atoms. The Morgan fingerprint density at radius 3 is 2.67 bits per heavy atom. The van der Waals surface area contributed by atoms with Crippen LogP contribution in [-0.4, -0.2) is 11.1 Å². The summed E-state index contributed by atoms with van der Waals surface area (Å²) in [5.74, 6) is 0. The number of rotatable bonds is 3. The summed E-state index contributed by atoms with van der Waals surface area (Å²) in [7, 11) is 0. The summed E-state index contributed by atoms with van der Waals surface area (Å²) in [5, 5.41) is 11.2. The van der Waals surface area contributed by atoms with Crippen LogP contribution < -0.4 is 0 Å². The molecule has 0 N–H and O–H groups in total. The van der Waals surface area contributed by atoms with E-state index in [9.17, 15) is 10.1 Å². The van der Waals surface area contributed by atoms with Crippen molar-refractivity contribution in [2.75, 3.05) is 0 Å². The smallest absolute Gasteiger partial charge is 0.258 e. The molecule has 0 aliphatic heterocycles. The third-order valence-corrected chi connectivity index (χ3v) is 2.49. The van der Waals surface area contributed by atoms with Crippen LogP contribution in [0.15, 0.2) is 53.5 Å². The lowest BCUT2D eigenvalue weighted by atomic mass is 10.2. The van der Waals surface area contributed by atoms with Crippen molar-refractivity contribution < 1.29 is 4.92 Å². The molecule has 0 saturated heterocycles. The van der Waals surface area contributed by atoms with Crippen LogP contribution in [0.3, 0.4) is 0 Å². The molecule has 0 aliphatic carbocycles. The zero-order chi connectivity index (χ0) is 13.0. The monoisotopic (exact) mass is 260 g/mol. The number of hydrogen-bond donors (Lipinski definition) is 0. The Hall–Kier alpha value is -2.20. The molecule has 5 heteroatoms. The van der Waals surface area contributed by atoms with E-state index in [0.29, 0.717) is 16.3 Å². The second-order valence-corrected chi connectivity index (χ2v) is 4.03. The van der Waals surface area contributed by atoms with Gasteiger partial charge in [0.05, 0.1) is 10.6 Å². The van der Waals surface area contributed by atoms with Gasteiger partial charge in [-0.3, -0.25) is 15.1 Å². The van der Waals surface area contributed by atoms with E-state index in [1.54, 1.807) is 42.6 Å². The van der Waals surface area contributed by atoms with Gasteiger partial charge >= 0.3 is 0 Å². The highest BCUT2D eigenvalue weighted by molar-refractivity contribution is 6.30. The molecule has 0 fully saturated rings. The van der Waals surface area contributed by atoms with Gasteiger partial charge in [-0.15, -0.1) is 0 Å². The fourth-order valence-electron chi connectivity index (χ4n) is 1.42. The van der Waals surface area contributed by atoms with E-state index in [1.165, 1.54) is 12.1 Å². The second-order valence-electron chi connectivity index (χ2n) is 3.59. The lowest BCUT2D eigenvalue weighted by Crippen LogP contribution is -1.89. The molecule has 18 heavy (non-hydrogen) atoms. The maximum Gasteiger partial charge on any atom is 0.270 e. The molecule has 0 radical (unpaired) electrons. The largest absolute Gasteiger partial charge is 0.270 e. The summed E-state index contributed by atoms with van der Waals surface area (Å²) in [5.41, 5.74) is 1.42. The van der Waals surface area contributed by atoms with E-state index in [2.05, 4.69) is 4.99 Å². The molecule has 0 bridgehead atoms. The zero-order valence-electron chi connectivity index (χ0n) is 9.29. The molecule has 0 saturated carbocycles. The Bertz CT molecular complexity index is 611. The van der Waals surface area contributed by atoms with E-state index in [-0.39, 0.29) is 5.69 Å². The van der Waals surface area contributed by atoms with Crippen LogP contribution in [0.1, 0.15) is 5.56 Å². The fraction of sp³-hybridized carbons (Fsp3) is 0. The van der Waals surface area contributed by atoms with E-state index < -0.39 is 4.92 Å². The minimum Gasteiger partial charge on any atom is -0.258 e. The molecule has 2 rings (SSSR count). The summed E-state index contributed by atoms with van der Waals surface area (Å²) in [6.45, 7) is 0. The Morgan fingerprint density at radius 1 is 1.17 bits per heavy atom. The quantitative estimate of drug-likeness (QED) is 0.476. The van der Waals surface area contributed by atoms with Crippen LogP contribution in [0, 0.1) is 10.1 Å². The van der Waals surface area contributed by atoms with E-state index in [0.717, 1.165) is 0 Å². The van der Waals surface area contributed by atoms with Crippen LogP contribution in [0.2, 0.25) is 5.02 Å². The molecule has 0 atom stereocenters. The standard InChI is InChI=1S/C13H9ClN2O2/c14-11-4-2-5-12(8-11)15-9-10-3-1-6-13(7-10)16(17)18/h1-9H. The highest BCUT2D eigenvalue weighted by atomic mass is 35.5. The van der Waals surface area contributed by atoms with Gasteiger partial charge in [0.1, 0.15) is 0 Å². The first kappa shape index (κ1) is 12.3. The molecule has 2 aromatic carbocycles. The van der Waals surface area contributed by atoms with Gasteiger partial charge in [0.15, 0.2) is 0 Å². The van der Waals surface area contributed by atoms with Crippen molar-refractivity contribution in [2.24, 2.45) is 4.99 Å². The SMILES string of the molecule is O=[N+]([O-])c1cccc(C=Nc2cccc(Cl)c2)c1. The topological polar surface area (TPSA) is 55.5 Å². The minimum absolute atomic E-state index is 0.0463. The third-order valence-electron chi connectivity index (χ3n) is 2.25. The van der Waals surface area contributed by atoms with E-state index in [4.69, 9.17) is 11.6 Å². The number of aliphatic imine (C=N–C) groups is 1.